The number of carbonyl (C=O) groups is 1. The van der Waals surface area contributed by atoms with Crippen molar-refractivity contribution in [2.24, 2.45) is 0 Å². The number of ketones is 1. The van der Waals surface area contributed by atoms with Crippen LogP contribution in [0.25, 0.3) is 10.8 Å². The van der Waals surface area contributed by atoms with Gasteiger partial charge in [0.15, 0.2) is 5.78 Å². The summed E-state index contributed by atoms with van der Waals surface area (Å²) in [4.78, 5) is 12.7. The predicted octanol–water partition coefficient (Wildman–Crippen LogP) is 4.42. The average molecular weight is 326 g/mol. The second-order valence-electron chi connectivity index (χ2n) is 4.60. The van der Waals surface area contributed by atoms with Crippen molar-refractivity contribution in [2.45, 2.75) is 0 Å². The lowest BCUT2D eigenvalue weighted by Gasteiger charge is -2.08. The Balaban J connectivity index is 2.20. The summed E-state index contributed by atoms with van der Waals surface area (Å²) >= 11 is 3.52. The minimum absolute atomic E-state index is 0.0130. The largest absolute Gasteiger partial charge is 0.399 e. The van der Waals surface area contributed by atoms with E-state index in [-0.39, 0.29) is 5.78 Å². The van der Waals surface area contributed by atoms with Crippen LogP contribution in [0.5, 0.6) is 0 Å². The van der Waals surface area contributed by atoms with Gasteiger partial charge in [-0.2, -0.15) is 0 Å². The van der Waals surface area contributed by atoms with E-state index in [0.717, 1.165) is 15.2 Å². The molecule has 0 aromatic heterocycles. The van der Waals surface area contributed by atoms with Gasteiger partial charge in [-0.15, -0.1) is 0 Å². The first-order valence-electron chi connectivity index (χ1n) is 6.24. The summed E-state index contributed by atoms with van der Waals surface area (Å²) in [6, 6.07) is 18.7. The summed E-state index contributed by atoms with van der Waals surface area (Å²) in [6.07, 6.45) is 0. The third-order valence-corrected chi connectivity index (χ3v) is 3.96. The quantitative estimate of drug-likeness (QED) is 0.560. The Bertz CT molecular complexity index is 811. The third kappa shape index (κ3) is 2.21. The van der Waals surface area contributed by atoms with Gasteiger partial charge >= 0.3 is 0 Å². The highest BCUT2D eigenvalue weighted by atomic mass is 79.9. The van der Waals surface area contributed by atoms with Gasteiger partial charge in [0.2, 0.25) is 0 Å². The highest BCUT2D eigenvalue weighted by Gasteiger charge is 2.13. The van der Waals surface area contributed by atoms with Crippen molar-refractivity contribution in [3.63, 3.8) is 0 Å². The molecule has 0 bridgehead atoms. The molecule has 0 heterocycles. The third-order valence-electron chi connectivity index (χ3n) is 3.26. The molecule has 0 saturated carbocycles. The van der Waals surface area contributed by atoms with Crippen LogP contribution in [0.15, 0.2) is 65.1 Å². The van der Waals surface area contributed by atoms with Crippen molar-refractivity contribution in [1.29, 1.82) is 0 Å². The van der Waals surface area contributed by atoms with Gasteiger partial charge in [-0.3, -0.25) is 4.79 Å². The predicted molar refractivity (Wildman–Crippen MR) is 85.9 cm³/mol. The molecule has 0 unspecified atom stereocenters. The standard InChI is InChI=1S/C17H12BrNO/c18-16-9-8-15(13-6-1-2-7-14(13)16)17(20)11-4-3-5-12(19)10-11/h1-10H,19H2. The van der Waals surface area contributed by atoms with Crippen LogP contribution in [0.4, 0.5) is 5.69 Å². The first-order chi connectivity index (χ1) is 9.66. The molecule has 2 N–H and O–H groups in total. The molecule has 0 atom stereocenters. The smallest absolute Gasteiger partial charge is 0.193 e. The molecule has 0 fully saturated rings. The number of benzene rings is 3. The molecule has 0 aliphatic rings. The summed E-state index contributed by atoms with van der Waals surface area (Å²) in [5.74, 6) is -0.0130. The van der Waals surface area contributed by atoms with Crippen molar-refractivity contribution in [2.75, 3.05) is 5.73 Å². The minimum Gasteiger partial charge on any atom is -0.399 e. The number of hydrogen-bond donors (Lipinski definition) is 1. The van der Waals surface area contributed by atoms with E-state index in [2.05, 4.69) is 15.9 Å². The van der Waals surface area contributed by atoms with Crippen LogP contribution in [0.1, 0.15) is 15.9 Å². The molecule has 0 spiro atoms. The molecule has 0 amide bonds. The lowest BCUT2D eigenvalue weighted by Crippen LogP contribution is -2.03. The number of hydrogen-bond acceptors (Lipinski definition) is 2. The fourth-order valence-electron chi connectivity index (χ4n) is 2.30. The maximum Gasteiger partial charge on any atom is 0.193 e. The molecule has 0 radical (unpaired) electrons. The van der Waals surface area contributed by atoms with Gasteiger partial charge in [-0.05, 0) is 35.0 Å². The first-order valence-corrected chi connectivity index (χ1v) is 7.03. The molecular formula is C17H12BrNO. The van der Waals surface area contributed by atoms with E-state index < -0.39 is 0 Å². The van der Waals surface area contributed by atoms with E-state index in [9.17, 15) is 4.79 Å². The molecule has 0 aliphatic heterocycles. The van der Waals surface area contributed by atoms with Crippen LogP contribution in [0.3, 0.4) is 0 Å². The van der Waals surface area contributed by atoms with E-state index in [1.165, 1.54) is 0 Å². The SMILES string of the molecule is Nc1cccc(C(=O)c2ccc(Br)c3ccccc23)c1. The lowest BCUT2D eigenvalue weighted by molar-refractivity contribution is 0.104. The fraction of sp³-hybridized carbons (Fsp3) is 0. The zero-order valence-corrected chi connectivity index (χ0v) is 12.2. The van der Waals surface area contributed by atoms with E-state index in [4.69, 9.17) is 5.73 Å². The first kappa shape index (κ1) is 12.9. The van der Waals surface area contributed by atoms with Crippen molar-refractivity contribution in [3.05, 3.63) is 76.3 Å². The Morgan fingerprint density at radius 3 is 2.40 bits per heavy atom. The normalized spacial score (nSPS) is 10.7. The van der Waals surface area contributed by atoms with Crippen LogP contribution in [0, 0.1) is 0 Å². The van der Waals surface area contributed by atoms with Crippen molar-refractivity contribution in [3.8, 4) is 0 Å². The number of rotatable bonds is 2. The Hall–Kier alpha value is -2.13. The van der Waals surface area contributed by atoms with E-state index in [1.54, 1.807) is 24.3 Å². The minimum atomic E-state index is -0.0130. The Morgan fingerprint density at radius 1 is 0.900 bits per heavy atom. The number of fused-ring (bicyclic) bond motifs is 1. The van der Waals surface area contributed by atoms with Gasteiger partial charge < -0.3 is 5.73 Å². The summed E-state index contributed by atoms with van der Waals surface area (Å²) in [5, 5.41) is 1.97. The topological polar surface area (TPSA) is 43.1 Å². The summed E-state index contributed by atoms with van der Waals surface area (Å²) in [7, 11) is 0. The van der Waals surface area contributed by atoms with E-state index in [0.29, 0.717) is 16.8 Å². The lowest BCUT2D eigenvalue weighted by atomic mass is 9.97. The number of carbonyl (C=O) groups excluding carboxylic acids is 1. The molecule has 98 valence electrons. The van der Waals surface area contributed by atoms with Crippen LogP contribution >= 0.6 is 15.9 Å². The molecule has 3 heteroatoms. The van der Waals surface area contributed by atoms with Crippen LogP contribution in [-0.2, 0) is 0 Å². The van der Waals surface area contributed by atoms with E-state index in [1.807, 2.05) is 36.4 Å². The molecule has 3 aromatic rings. The highest BCUT2D eigenvalue weighted by molar-refractivity contribution is 9.10. The second-order valence-corrected chi connectivity index (χ2v) is 5.45. The summed E-state index contributed by atoms with van der Waals surface area (Å²) in [6.45, 7) is 0. The zero-order chi connectivity index (χ0) is 14.1. The second kappa shape index (κ2) is 5.10. The van der Waals surface area contributed by atoms with Gasteiger partial charge in [0, 0.05) is 21.3 Å². The number of halogens is 1. The van der Waals surface area contributed by atoms with Crippen LogP contribution in [0.2, 0.25) is 0 Å². The molecular weight excluding hydrogens is 314 g/mol. The van der Waals surface area contributed by atoms with Gasteiger partial charge in [0.05, 0.1) is 0 Å². The number of anilines is 1. The maximum atomic E-state index is 12.7. The molecule has 2 nitrogen and oxygen atoms in total. The summed E-state index contributed by atoms with van der Waals surface area (Å²) < 4.78 is 0.984. The highest BCUT2D eigenvalue weighted by Crippen LogP contribution is 2.28. The number of nitrogen functional groups attached to an aromatic ring is 1. The maximum absolute atomic E-state index is 12.7. The number of nitrogens with two attached hydrogens (primary N) is 1. The van der Waals surface area contributed by atoms with Crippen molar-refractivity contribution >= 4 is 38.2 Å². The molecule has 0 aliphatic carbocycles. The summed E-state index contributed by atoms with van der Waals surface area (Å²) in [5.41, 5.74) is 7.64. The van der Waals surface area contributed by atoms with Crippen LogP contribution < -0.4 is 5.73 Å². The van der Waals surface area contributed by atoms with Crippen molar-refractivity contribution in [1.82, 2.24) is 0 Å². The Morgan fingerprint density at radius 2 is 1.65 bits per heavy atom. The Kier molecular flexibility index (Phi) is 3.28. The molecule has 0 saturated heterocycles. The van der Waals surface area contributed by atoms with E-state index >= 15 is 0 Å². The molecule has 3 rings (SSSR count). The molecule has 20 heavy (non-hydrogen) atoms. The van der Waals surface area contributed by atoms with Crippen molar-refractivity contribution < 1.29 is 4.79 Å². The van der Waals surface area contributed by atoms with Gasteiger partial charge in [0.25, 0.3) is 0 Å². The monoisotopic (exact) mass is 325 g/mol. The average Bonchev–Trinajstić information content (AvgIpc) is 2.47. The van der Waals surface area contributed by atoms with Crippen LogP contribution in [-0.4, -0.2) is 5.78 Å². The molecule has 3 aromatic carbocycles. The van der Waals surface area contributed by atoms with Gasteiger partial charge in [-0.25, -0.2) is 0 Å². The zero-order valence-electron chi connectivity index (χ0n) is 10.6. The Labute approximate surface area is 125 Å². The van der Waals surface area contributed by atoms with Gasteiger partial charge in [0.1, 0.15) is 0 Å². The fourth-order valence-corrected chi connectivity index (χ4v) is 2.77. The van der Waals surface area contributed by atoms with Gasteiger partial charge in [-0.1, -0.05) is 52.3 Å².